The number of methoxy groups -OCH3 is 1. The first-order chi connectivity index (χ1) is 21.4. The summed E-state index contributed by atoms with van der Waals surface area (Å²) in [7, 11) is 1.61. The molecule has 8 nitrogen and oxygen atoms in total. The topological polar surface area (TPSA) is 136 Å². The average molecular weight is 608 g/mol. The number of Topliss-reactive ketones (excluding diaryl/α,β-unsaturated/α-hetero) is 2. The number of aryl methyl sites for hydroxylation is 1. The van der Waals surface area contributed by atoms with E-state index in [1.165, 1.54) is 11.1 Å². The van der Waals surface area contributed by atoms with Crippen LogP contribution in [0.15, 0.2) is 83.8 Å². The molecule has 0 aliphatic heterocycles. The van der Waals surface area contributed by atoms with Gasteiger partial charge in [0.05, 0.1) is 7.11 Å². The number of nitrogens with one attached hydrogen (secondary N) is 1. The second kappa shape index (κ2) is 11.4. The van der Waals surface area contributed by atoms with Crippen LogP contribution in [-0.2, 0) is 29.1 Å². The molecule has 3 aliphatic carbocycles. The van der Waals surface area contributed by atoms with Gasteiger partial charge < -0.3 is 30.5 Å². The summed E-state index contributed by atoms with van der Waals surface area (Å²) in [5.41, 5.74) is 4.18. The van der Waals surface area contributed by atoms with E-state index < -0.39 is 40.2 Å². The van der Waals surface area contributed by atoms with Crippen LogP contribution in [0.25, 0.3) is 16.7 Å². The van der Waals surface area contributed by atoms with Gasteiger partial charge in [0.2, 0.25) is 0 Å². The van der Waals surface area contributed by atoms with E-state index in [0.717, 1.165) is 29.2 Å². The number of hydrogen-bond acceptors (Lipinski definition) is 8. The summed E-state index contributed by atoms with van der Waals surface area (Å²) in [5, 5.41) is 48.8. The molecule has 0 unspecified atom stereocenters. The standard InChI is InChI=1S/C37H37NO7/c1-19-6-5-7-22(12-19)17-38-18-23-8-11-31(45-4)27(13-23)26-9-10-29(40)33-20(2)32-24(15-28(26)33)14-25-16-30(41)34(21(3)39)36(43)37(25,44)35(32)42/h5-13,24-25,38,40,42-44H,2,14-18H2,1,3-4H3/t24-,25+,37+/m1/s1. The minimum atomic E-state index is -2.29. The quantitative estimate of drug-likeness (QED) is 0.213. The summed E-state index contributed by atoms with van der Waals surface area (Å²) < 4.78 is 5.76. The minimum absolute atomic E-state index is 0.0374. The summed E-state index contributed by atoms with van der Waals surface area (Å²) in [5.74, 6) is -3.18. The average Bonchev–Trinajstić information content (AvgIpc) is 2.99. The van der Waals surface area contributed by atoms with Crippen molar-refractivity contribution in [3.8, 4) is 22.6 Å². The molecule has 0 spiro atoms. The Kier molecular flexibility index (Phi) is 7.67. The fraction of sp³-hybridized carbons (Fsp3) is 0.297. The Labute approximate surface area is 262 Å². The van der Waals surface area contributed by atoms with E-state index in [2.05, 4.69) is 43.1 Å². The lowest BCUT2D eigenvalue weighted by atomic mass is 9.59. The van der Waals surface area contributed by atoms with Crippen molar-refractivity contribution >= 4 is 17.1 Å². The highest BCUT2D eigenvalue weighted by molar-refractivity contribution is 6.20. The Hall–Kier alpha value is -4.66. The maximum absolute atomic E-state index is 12.8. The van der Waals surface area contributed by atoms with Gasteiger partial charge in [0.1, 0.15) is 28.6 Å². The van der Waals surface area contributed by atoms with Crippen molar-refractivity contribution in [3.05, 3.63) is 112 Å². The molecule has 3 aliphatic rings. The summed E-state index contributed by atoms with van der Waals surface area (Å²) >= 11 is 0. The highest BCUT2D eigenvalue weighted by Gasteiger charge is 2.57. The van der Waals surface area contributed by atoms with E-state index >= 15 is 0 Å². The maximum Gasteiger partial charge on any atom is 0.182 e. The number of aromatic hydroxyl groups is 1. The third-order valence-corrected chi connectivity index (χ3v) is 9.51. The van der Waals surface area contributed by atoms with Gasteiger partial charge in [-0.1, -0.05) is 48.5 Å². The zero-order valence-electron chi connectivity index (χ0n) is 25.6. The number of carbonyl (C=O) groups is 2. The first-order valence-electron chi connectivity index (χ1n) is 15.1. The number of rotatable bonds is 7. The van der Waals surface area contributed by atoms with Crippen LogP contribution in [0, 0.1) is 18.8 Å². The van der Waals surface area contributed by atoms with Crippen LogP contribution in [0.3, 0.4) is 0 Å². The molecule has 0 heterocycles. The number of fused-ring (bicyclic) bond motifs is 3. The van der Waals surface area contributed by atoms with Crippen LogP contribution < -0.4 is 10.1 Å². The monoisotopic (exact) mass is 607 g/mol. The van der Waals surface area contributed by atoms with Crippen molar-refractivity contribution in [1.29, 1.82) is 0 Å². The van der Waals surface area contributed by atoms with Gasteiger partial charge in [0, 0.05) is 42.1 Å². The van der Waals surface area contributed by atoms with E-state index in [1.807, 2.05) is 24.3 Å². The molecule has 6 rings (SSSR count). The molecule has 0 saturated heterocycles. The van der Waals surface area contributed by atoms with Crippen LogP contribution >= 0.6 is 0 Å². The Morgan fingerprint density at radius 2 is 1.73 bits per heavy atom. The molecule has 3 aromatic rings. The number of allylic oxidation sites excluding steroid dienone is 3. The summed E-state index contributed by atoms with van der Waals surface area (Å²) in [6.07, 6.45) is 0.437. The molecule has 232 valence electrons. The van der Waals surface area contributed by atoms with Crippen LogP contribution in [0.5, 0.6) is 11.5 Å². The van der Waals surface area contributed by atoms with Gasteiger partial charge >= 0.3 is 0 Å². The number of aliphatic hydroxyl groups is 3. The van der Waals surface area contributed by atoms with Gasteiger partial charge in [-0.2, -0.15) is 0 Å². The molecule has 8 heteroatoms. The molecule has 3 aromatic carbocycles. The number of ketones is 2. The van der Waals surface area contributed by atoms with Crippen LogP contribution in [0.2, 0.25) is 0 Å². The van der Waals surface area contributed by atoms with Gasteiger partial charge in [0.25, 0.3) is 0 Å². The Morgan fingerprint density at radius 3 is 2.42 bits per heavy atom. The SMILES string of the molecule is C=C1C2=C(O)[C@]3(O)C(O)=C(C(C)=O)C(=O)C[C@@H]3C[C@@H]2Cc2c(-c3cc(CNCc4cccc(C)c4)ccc3OC)ccc(O)c21. The van der Waals surface area contributed by atoms with Crippen LogP contribution in [0.4, 0.5) is 0 Å². The smallest absolute Gasteiger partial charge is 0.182 e. The fourth-order valence-corrected chi connectivity index (χ4v) is 7.41. The maximum atomic E-state index is 12.8. The van der Waals surface area contributed by atoms with Crippen molar-refractivity contribution in [2.45, 2.75) is 51.8 Å². The van der Waals surface area contributed by atoms with Crippen molar-refractivity contribution in [3.63, 3.8) is 0 Å². The highest BCUT2D eigenvalue weighted by atomic mass is 16.5. The molecule has 5 N–H and O–H groups in total. The molecule has 0 saturated carbocycles. The van der Waals surface area contributed by atoms with Crippen LogP contribution in [-0.4, -0.2) is 44.7 Å². The molecular formula is C37H37NO7. The molecule has 0 amide bonds. The van der Waals surface area contributed by atoms with Crippen molar-refractivity contribution in [2.75, 3.05) is 7.11 Å². The predicted molar refractivity (Wildman–Crippen MR) is 171 cm³/mol. The van der Waals surface area contributed by atoms with Crippen LogP contribution in [0.1, 0.15) is 47.6 Å². The van der Waals surface area contributed by atoms with E-state index in [1.54, 1.807) is 13.2 Å². The fourth-order valence-electron chi connectivity index (χ4n) is 7.41. The van der Waals surface area contributed by atoms with Crippen molar-refractivity contribution < 1.29 is 34.8 Å². The molecule has 0 radical (unpaired) electrons. The number of ether oxygens (including phenoxy) is 1. The Balaban J connectivity index is 1.40. The number of aliphatic hydroxyl groups excluding tert-OH is 2. The largest absolute Gasteiger partial charge is 0.508 e. The van der Waals surface area contributed by atoms with Crippen molar-refractivity contribution in [2.24, 2.45) is 11.8 Å². The third kappa shape index (κ3) is 4.94. The summed E-state index contributed by atoms with van der Waals surface area (Å²) in [6, 6.07) is 17.8. The number of carbonyl (C=O) groups excluding carboxylic acids is 2. The Morgan fingerprint density at radius 1 is 1.00 bits per heavy atom. The van der Waals surface area contributed by atoms with Gasteiger partial charge in [-0.3, -0.25) is 9.59 Å². The molecular weight excluding hydrogens is 570 g/mol. The first-order valence-corrected chi connectivity index (χ1v) is 15.1. The molecule has 45 heavy (non-hydrogen) atoms. The normalized spacial score (nSPS) is 22.6. The summed E-state index contributed by atoms with van der Waals surface area (Å²) in [4.78, 5) is 25.0. The van der Waals surface area contributed by atoms with E-state index in [0.29, 0.717) is 42.0 Å². The lowest BCUT2D eigenvalue weighted by molar-refractivity contribution is -0.127. The summed E-state index contributed by atoms with van der Waals surface area (Å²) in [6.45, 7) is 8.77. The second-order valence-electron chi connectivity index (χ2n) is 12.4. The second-order valence-corrected chi connectivity index (χ2v) is 12.4. The van der Waals surface area contributed by atoms with Gasteiger partial charge in [0.15, 0.2) is 17.2 Å². The predicted octanol–water partition coefficient (Wildman–Crippen LogP) is 5.79. The van der Waals surface area contributed by atoms with Crippen molar-refractivity contribution in [1.82, 2.24) is 5.32 Å². The van der Waals surface area contributed by atoms with E-state index in [-0.39, 0.29) is 24.5 Å². The van der Waals surface area contributed by atoms with Gasteiger partial charge in [-0.15, -0.1) is 0 Å². The Bertz CT molecular complexity index is 1830. The number of phenols is 1. The highest BCUT2D eigenvalue weighted by Crippen LogP contribution is 2.56. The zero-order valence-corrected chi connectivity index (χ0v) is 25.6. The number of hydrogen-bond donors (Lipinski definition) is 5. The molecule has 0 bridgehead atoms. The van der Waals surface area contributed by atoms with Gasteiger partial charge in [-0.05, 0) is 78.6 Å². The van der Waals surface area contributed by atoms with E-state index in [4.69, 9.17) is 4.74 Å². The minimum Gasteiger partial charge on any atom is -0.508 e. The number of benzene rings is 3. The van der Waals surface area contributed by atoms with Gasteiger partial charge in [-0.25, -0.2) is 0 Å². The lowest BCUT2D eigenvalue weighted by Gasteiger charge is -2.47. The molecule has 0 aromatic heterocycles. The first kappa shape index (κ1) is 30.4. The molecule has 3 atom stereocenters. The zero-order chi connectivity index (χ0) is 32.2. The molecule has 0 fully saturated rings. The van der Waals surface area contributed by atoms with E-state index in [9.17, 15) is 30.0 Å². The third-order valence-electron chi connectivity index (χ3n) is 9.51. The number of phenolic OH excluding ortho intramolecular Hbond substituents is 1. The lowest BCUT2D eigenvalue weighted by Crippen LogP contribution is -2.52.